The summed E-state index contributed by atoms with van der Waals surface area (Å²) in [7, 11) is 0. The first-order valence-corrected chi connectivity index (χ1v) is 11.1. The molecule has 1 aromatic rings. The molecule has 2 N–H and O–H groups in total. The zero-order chi connectivity index (χ0) is 20.1. The molecule has 1 atom stereocenters. The first kappa shape index (κ1) is 20.3. The third-order valence-electron chi connectivity index (χ3n) is 6.39. The summed E-state index contributed by atoms with van der Waals surface area (Å²) in [4.78, 5) is 33.6. The Balaban J connectivity index is 1.19. The monoisotopic (exact) mass is 399 g/mol. The van der Waals surface area contributed by atoms with Gasteiger partial charge in [-0.25, -0.2) is 0 Å². The number of carbonyl (C=O) groups excluding carboxylic acids is 2. The molecule has 0 bridgehead atoms. The Hall–Kier alpha value is -1.99. The Morgan fingerprint density at radius 1 is 1.10 bits per heavy atom. The molecule has 4 rings (SSSR count). The van der Waals surface area contributed by atoms with Crippen LogP contribution in [0.25, 0.3) is 0 Å². The van der Waals surface area contributed by atoms with Gasteiger partial charge in [0.05, 0.1) is 12.5 Å². The third-order valence-corrected chi connectivity index (χ3v) is 6.39. The van der Waals surface area contributed by atoms with Crippen molar-refractivity contribution in [1.82, 2.24) is 25.4 Å². The molecule has 3 fully saturated rings. The van der Waals surface area contributed by atoms with Gasteiger partial charge < -0.3 is 10.6 Å². The highest BCUT2D eigenvalue weighted by Gasteiger charge is 2.32. The van der Waals surface area contributed by atoms with Gasteiger partial charge in [-0.15, -0.1) is 0 Å². The highest BCUT2D eigenvalue weighted by atomic mass is 16.2. The highest BCUT2D eigenvalue weighted by molar-refractivity contribution is 5.86. The number of nitrogens with zero attached hydrogens (tertiary/aromatic N) is 3. The molecule has 1 saturated carbocycles. The second kappa shape index (κ2) is 9.67. The van der Waals surface area contributed by atoms with Gasteiger partial charge in [0.15, 0.2) is 0 Å². The van der Waals surface area contributed by atoms with Crippen molar-refractivity contribution in [1.29, 1.82) is 0 Å². The predicted molar refractivity (Wildman–Crippen MR) is 111 cm³/mol. The van der Waals surface area contributed by atoms with E-state index in [2.05, 4.69) is 31.5 Å². The number of aromatic nitrogens is 1. The number of nitrogens with one attached hydrogen (secondary N) is 2. The third kappa shape index (κ3) is 6.00. The number of hydrogen-bond donors (Lipinski definition) is 2. The maximum atomic E-state index is 12.6. The summed E-state index contributed by atoms with van der Waals surface area (Å²) in [5.41, 5.74) is 1.27. The molecule has 0 aromatic carbocycles. The zero-order valence-electron chi connectivity index (χ0n) is 17.2. The molecule has 0 spiro atoms. The van der Waals surface area contributed by atoms with E-state index < -0.39 is 0 Å². The number of rotatable bonds is 7. The lowest BCUT2D eigenvalue weighted by Crippen LogP contribution is -2.51. The Labute approximate surface area is 173 Å². The van der Waals surface area contributed by atoms with Gasteiger partial charge in [-0.3, -0.25) is 24.4 Å². The Bertz CT molecular complexity index is 686. The molecule has 3 heterocycles. The van der Waals surface area contributed by atoms with Crippen LogP contribution in [0.2, 0.25) is 0 Å². The van der Waals surface area contributed by atoms with E-state index in [0.29, 0.717) is 12.1 Å². The minimum Gasteiger partial charge on any atom is -0.352 e. The van der Waals surface area contributed by atoms with Crippen molar-refractivity contribution in [2.24, 2.45) is 5.92 Å². The van der Waals surface area contributed by atoms with E-state index in [1.54, 1.807) is 0 Å². The molecule has 1 unspecified atom stereocenters. The molecular formula is C22H33N5O2. The molecule has 2 aliphatic heterocycles. The maximum Gasteiger partial charge on any atom is 0.239 e. The molecule has 2 saturated heterocycles. The Morgan fingerprint density at radius 2 is 1.93 bits per heavy atom. The van der Waals surface area contributed by atoms with Crippen LogP contribution in [0.5, 0.6) is 0 Å². The van der Waals surface area contributed by atoms with Crippen molar-refractivity contribution >= 4 is 11.8 Å². The van der Waals surface area contributed by atoms with Gasteiger partial charge in [0.25, 0.3) is 0 Å². The summed E-state index contributed by atoms with van der Waals surface area (Å²) >= 11 is 0. The Kier molecular flexibility index (Phi) is 6.77. The quantitative estimate of drug-likeness (QED) is 0.719. The maximum absolute atomic E-state index is 12.6. The molecule has 0 radical (unpaired) electrons. The fraction of sp³-hybridized carbons (Fsp3) is 0.682. The summed E-state index contributed by atoms with van der Waals surface area (Å²) in [5, 5.41) is 5.77. The molecular weight excluding hydrogens is 366 g/mol. The van der Waals surface area contributed by atoms with Gasteiger partial charge >= 0.3 is 0 Å². The van der Waals surface area contributed by atoms with Crippen LogP contribution in [-0.4, -0.2) is 71.4 Å². The van der Waals surface area contributed by atoms with E-state index in [1.807, 2.05) is 18.5 Å². The molecule has 158 valence electrons. The van der Waals surface area contributed by atoms with Crippen molar-refractivity contribution in [2.75, 3.05) is 32.7 Å². The molecule has 7 nitrogen and oxygen atoms in total. The van der Waals surface area contributed by atoms with Crippen LogP contribution in [-0.2, 0) is 16.1 Å². The van der Waals surface area contributed by atoms with E-state index in [1.165, 1.54) is 5.56 Å². The first-order chi connectivity index (χ1) is 14.2. The number of piperidine rings is 2. The van der Waals surface area contributed by atoms with Crippen LogP contribution < -0.4 is 10.6 Å². The van der Waals surface area contributed by atoms with Crippen molar-refractivity contribution < 1.29 is 9.59 Å². The number of likely N-dealkylation sites (tertiary alicyclic amines) is 2. The van der Waals surface area contributed by atoms with Crippen LogP contribution in [0.1, 0.15) is 44.1 Å². The Morgan fingerprint density at radius 3 is 2.66 bits per heavy atom. The number of hydrogen-bond acceptors (Lipinski definition) is 5. The van der Waals surface area contributed by atoms with E-state index in [9.17, 15) is 9.59 Å². The number of carbonyl (C=O) groups is 2. The standard InChI is InChI=1S/C22H33N5O2/c28-21(25-19-5-6-19)14-24-22(29)18-4-2-10-27(16-18)20-7-11-26(12-8-20)15-17-3-1-9-23-13-17/h1,3,9,13,18-20H,2,4-8,10-12,14-16H2,(H,24,29)(H,25,28). The van der Waals surface area contributed by atoms with Crippen LogP contribution in [0.3, 0.4) is 0 Å². The van der Waals surface area contributed by atoms with Gasteiger partial charge in [0, 0.05) is 37.6 Å². The zero-order valence-corrected chi connectivity index (χ0v) is 17.2. The van der Waals surface area contributed by atoms with E-state index in [-0.39, 0.29) is 24.3 Å². The van der Waals surface area contributed by atoms with E-state index in [4.69, 9.17) is 0 Å². The normalized spacial score (nSPS) is 24.2. The summed E-state index contributed by atoms with van der Waals surface area (Å²) < 4.78 is 0. The van der Waals surface area contributed by atoms with E-state index in [0.717, 1.165) is 71.2 Å². The van der Waals surface area contributed by atoms with Crippen molar-refractivity contribution in [3.05, 3.63) is 30.1 Å². The van der Waals surface area contributed by atoms with Crippen LogP contribution >= 0.6 is 0 Å². The summed E-state index contributed by atoms with van der Waals surface area (Å²) in [6.45, 7) is 5.16. The molecule has 1 aromatic heterocycles. The second-order valence-electron chi connectivity index (χ2n) is 8.76. The lowest BCUT2D eigenvalue weighted by atomic mass is 9.93. The molecule has 29 heavy (non-hydrogen) atoms. The van der Waals surface area contributed by atoms with Crippen LogP contribution in [0.15, 0.2) is 24.5 Å². The topological polar surface area (TPSA) is 77.6 Å². The fourth-order valence-electron chi connectivity index (χ4n) is 4.56. The second-order valence-corrected chi connectivity index (χ2v) is 8.76. The number of amides is 2. The van der Waals surface area contributed by atoms with Gasteiger partial charge in [0.1, 0.15) is 0 Å². The fourth-order valence-corrected chi connectivity index (χ4v) is 4.56. The van der Waals surface area contributed by atoms with Crippen molar-refractivity contribution in [3.8, 4) is 0 Å². The summed E-state index contributed by atoms with van der Waals surface area (Å²) in [5.74, 6) is -0.0185. The van der Waals surface area contributed by atoms with Gasteiger partial charge in [-0.05, 0) is 69.8 Å². The largest absolute Gasteiger partial charge is 0.352 e. The van der Waals surface area contributed by atoms with E-state index >= 15 is 0 Å². The van der Waals surface area contributed by atoms with Gasteiger partial charge in [-0.2, -0.15) is 0 Å². The van der Waals surface area contributed by atoms with Crippen molar-refractivity contribution in [2.45, 2.75) is 57.2 Å². The average Bonchev–Trinajstić information content (AvgIpc) is 3.57. The van der Waals surface area contributed by atoms with Crippen LogP contribution in [0, 0.1) is 5.92 Å². The minimum absolute atomic E-state index is 0.00546. The lowest BCUT2D eigenvalue weighted by Gasteiger charge is -2.42. The molecule has 7 heteroatoms. The first-order valence-electron chi connectivity index (χ1n) is 11.1. The predicted octanol–water partition coefficient (Wildman–Crippen LogP) is 1.15. The number of pyridine rings is 1. The minimum atomic E-state index is -0.0606. The molecule has 2 amide bonds. The van der Waals surface area contributed by atoms with Gasteiger partial charge in [-0.1, -0.05) is 6.07 Å². The lowest BCUT2D eigenvalue weighted by molar-refractivity contribution is -0.130. The average molecular weight is 400 g/mol. The van der Waals surface area contributed by atoms with Crippen LogP contribution in [0.4, 0.5) is 0 Å². The highest BCUT2D eigenvalue weighted by Crippen LogP contribution is 2.24. The molecule has 1 aliphatic carbocycles. The van der Waals surface area contributed by atoms with Crippen molar-refractivity contribution in [3.63, 3.8) is 0 Å². The smallest absolute Gasteiger partial charge is 0.239 e. The van der Waals surface area contributed by atoms with Gasteiger partial charge in [0.2, 0.25) is 11.8 Å². The SMILES string of the molecule is O=C(CNC(=O)C1CCCN(C2CCN(Cc3cccnc3)CC2)C1)NC1CC1. The molecule has 3 aliphatic rings. The summed E-state index contributed by atoms with van der Waals surface area (Å²) in [6, 6.07) is 5.04. The summed E-state index contributed by atoms with van der Waals surface area (Å²) in [6.07, 6.45) is 10.2.